The zero-order valence-electron chi connectivity index (χ0n) is 12.6. The third-order valence-electron chi connectivity index (χ3n) is 3.59. The number of hydrogen-bond acceptors (Lipinski definition) is 5. The number of nitrogens with one attached hydrogen (secondary N) is 1. The molecule has 2 aromatic rings. The first kappa shape index (κ1) is 15.1. The van der Waals surface area contributed by atoms with Crippen molar-refractivity contribution in [2.75, 3.05) is 13.2 Å². The Kier molecular flexibility index (Phi) is 4.26. The first-order chi connectivity index (χ1) is 11.2. The molecule has 2 heterocycles. The van der Waals surface area contributed by atoms with E-state index in [0.717, 1.165) is 0 Å². The van der Waals surface area contributed by atoms with E-state index in [0.29, 0.717) is 30.1 Å². The molecule has 3 rings (SSSR count). The van der Waals surface area contributed by atoms with E-state index in [1.165, 1.54) is 0 Å². The van der Waals surface area contributed by atoms with Gasteiger partial charge in [-0.15, -0.1) is 0 Å². The molecule has 1 fully saturated rings. The Morgan fingerprint density at radius 2 is 2.22 bits per heavy atom. The zero-order valence-corrected chi connectivity index (χ0v) is 12.6. The minimum Gasteiger partial charge on any atom is -0.482 e. The summed E-state index contributed by atoms with van der Waals surface area (Å²) < 4.78 is 12.9. The first-order valence-corrected chi connectivity index (χ1v) is 7.20. The van der Waals surface area contributed by atoms with Gasteiger partial charge in [0.25, 0.3) is 5.91 Å². The number of rotatable bonds is 4. The molecule has 1 N–H and O–H groups in total. The SMILES string of the molecule is Cn1cc(O[C@@H]2COC[C@@H]2NC(=O)c2ccc(C#N)cc2)cn1. The molecule has 23 heavy (non-hydrogen) atoms. The van der Waals surface area contributed by atoms with E-state index in [-0.39, 0.29) is 18.1 Å². The summed E-state index contributed by atoms with van der Waals surface area (Å²) in [6.45, 7) is 0.806. The van der Waals surface area contributed by atoms with Crippen LogP contribution in [-0.4, -0.2) is 41.0 Å². The Bertz CT molecular complexity index is 733. The Morgan fingerprint density at radius 1 is 1.43 bits per heavy atom. The lowest BCUT2D eigenvalue weighted by Crippen LogP contribution is -2.45. The van der Waals surface area contributed by atoms with Gasteiger partial charge in [0.05, 0.1) is 43.3 Å². The van der Waals surface area contributed by atoms with E-state index in [1.54, 1.807) is 41.3 Å². The maximum absolute atomic E-state index is 12.3. The van der Waals surface area contributed by atoms with Crippen LogP contribution in [0, 0.1) is 11.3 Å². The number of carbonyl (C=O) groups excluding carboxylic acids is 1. The van der Waals surface area contributed by atoms with E-state index in [9.17, 15) is 4.79 Å². The number of benzene rings is 1. The number of aromatic nitrogens is 2. The summed E-state index contributed by atoms with van der Waals surface area (Å²) >= 11 is 0. The summed E-state index contributed by atoms with van der Waals surface area (Å²) in [5, 5.41) is 15.7. The lowest BCUT2D eigenvalue weighted by atomic mass is 10.1. The molecule has 1 aromatic carbocycles. The maximum atomic E-state index is 12.3. The van der Waals surface area contributed by atoms with Gasteiger partial charge in [-0.2, -0.15) is 10.4 Å². The fraction of sp³-hybridized carbons (Fsp3) is 0.312. The van der Waals surface area contributed by atoms with Gasteiger partial charge in [0.2, 0.25) is 0 Å². The molecule has 0 radical (unpaired) electrons. The summed E-state index contributed by atoms with van der Waals surface area (Å²) in [6.07, 6.45) is 3.12. The lowest BCUT2D eigenvalue weighted by Gasteiger charge is -2.19. The molecular weight excluding hydrogens is 296 g/mol. The van der Waals surface area contributed by atoms with E-state index >= 15 is 0 Å². The van der Waals surface area contributed by atoms with E-state index in [2.05, 4.69) is 10.4 Å². The van der Waals surface area contributed by atoms with Crippen LogP contribution in [0.2, 0.25) is 0 Å². The molecule has 1 aliphatic heterocycles. The fourth-order valence-electron chi connectivity index (χ4n) is 2.37. The van der Waals surface area contributed by atoms with Crippen LogP contribution in [0.25, 0.3) is 0 Å². The molecule has 1 aliphatic rings. The van der Waals surface area contributed by atoms with Crippen LogP contribution in [-0.2, 0) is 11.8 Å². The predicted octanol–water partition coefficient (Wildman–Crippen LogP) is 0.868. The normalized spacial score (nSPS) is 20.0. The Labute approximate surface area is 133 Å². The second-order valence-electron chi connectivity index (χ2n) is 5.31. The standard InChI is InChI=1S/C16H16N4O3/c1-20-8-13(7-18-20)23-15-10-22-9-14(15)19-16(21)12-4-2-11(6-17)3-5-12/h2-5,7-8,14-15H,9-10H2,1H3,(H,19,21)/t14-,15+/m0/s1. The van der Waals surface area contributed by atoms with Crippen molar-refractivity contribution in [1.82, 2.24) is 15.1 Å². The van der Waals surface area contributed by atoms with Crippen LogP contribution in [0.4, 0.5) is 0 Å². The first-order valence-electron chi connectivity index (χ1n) is 7.20. The average Bonchev–Trinajstić information content (AvgIpc) is 3.17. The minimum absolute atomic E-state index is 0.218. The maximum Gasteiger partial charge on any atom is 0.251 e. The van der Waals surface area contributed by atoms with Crippen LogP contribution in [0.3, 0.4) is 0 Å². The zero-order chi connectivity index (χ0) is 16.2. The molecule has 1 saturated heterocycles. The van der Waals surface area contributed by atoms with Crippen molar-refractivity contribution in [2.24, 2.45) is 7.05 Å². The molecule has 0 aliphatic carbocycles. The molecule has 2 atom stereocenters. The Hall–Kier alpha value is -2.85. The van der Waals surface area contributed by atoms with Gasteiger partial charge in [0.15, 0.2) is 5.75 Å². The van der Waals surface area contributed by atoms with Crippen molar-refractivity contribution < 1.29 is 14.3 Å². The van der Waals surface area contributed by atoms with Crippen molar-refractivity contribution in [2.45, 2.75) is 12.1 Å². The average molecular weight is 312 g/mol. The Morgan fingerprint density at radius 3 is 2.87 bits per heavy atom. The molecule has 7 nitrogen and oxygen atoms in total. The molecule has 0 bridgehead atoms. The number of nitrogens with zero attached hydrogens (tertiary/aromatic N) is 3. The highest BCUT2D eigenvalue weighted by molar-refractivity contribution is 5.94. The van der Waals surface area contributed by atoms with E-state index in [4.69, 9.17) is 14.7 Å². The molecule has 1 aromatic heterocycles. The van der Waals surface area contributed by atoms with Gasteiger partial charge >= 0.3 is 0 Å². The second kappa shape index (κ2) is 6.50. The van der Waals surface area contributed by atoms with E-state index in [1.807, 2.05) is 13.1 Å². The van der Waals surface area contributed by atoms with Gasteiger partial charge in [-0.05, 0) is 24.3 Å². The van der Waals surface area contributed by atoms with Crippen LogP contribution < -0.4 is 10.1 Å². The molecule has 0 unspecified atom stereocenters. The third kappa shape index (κ3) is 3.49. The van der Waals surface area contributed by atoms with Crippen molar-refractivity contribution in [1.29, 1.82) is 5.26 Å². The van der Waals surface area contributed by atoms with Crippen molar-refractivity contribution >= 4 is 5.91 Å². The lowest BCUT2D eigenvalue weighted by molar-refractivity contribution is 0.0904. The number of hydrogen-bond donors (Lipinski definition) is 1. The predicted molar refractivity (Wildman–Crippen MR) is 80.9 cm³/mol. The number of aryl methyl sites for hydroxylation is 1. The molecule has 7 heteroatoms. The third-order valence-corrected chi connectivity index (χ3v) is 3.59. The fourth-order valence-corrected chi connectivity index (χ4v) is 2.37. The van der Waals surface area contributed by atoms with Crippen LogP contribution >= 0.6 is 0 Å². The van der Waals surface area contributed by atoms with Gasteiger partial charge in [-0.25, -0.2) is 0 Å². The summed E-state index contributed by atoms with van der Waals surface area (Å²) in [6, 6.07) is 8.27. The topological polar surface area (TPSA) is 89.2 Å². The smallest absolute Gasteiger partial charge is 0.251 e. The highest BCUT2D eigenvalue weighted by atomic mass is 16.5. The van der Waals surface area contributed by atoms with Gasteiger partial charge < -0.3 is 14.8 Å². The van der Waals surface area contributed by atoms with Gasteiger partial charge in [0.1, 0.15) is 6.10 Å². The monoisotopic (exact) mass is 312 g/mol. The highest BCUT2D eigenvalue weighted by Crippen LogP contribution is 2.16. The van der Waals surface area contributed by atoms with Crippen molar-refractivity contribution in [3.8, 4) is 11.8 Å². The van der Waals surface area contributed by atoms with Crippen molar-refractivity contribution in [3.05, 3.63) is 47.8 Å². The quantitative estimate of drug-likeness (QED) is 0.905. The highest BCUT2D eigenvalue weighted by Gasteiger charge is 2.32. The molecule has 118 valence electrons. The van der Waals surface area contributed by atoms with Crippen molar-refractivity contribution in [3.63, 3.8) is 0 Å². The minimum atomic E-state index is -0.262. The van der Waals surface area contributed by atoms with Gasteiger partial charge in [-0.1, -0.05) is 0 Å². The molecular formula is C16H16N4O3. The van der Waals surface area contributed by atoms with Gasteiger partial charge in [-0.3, -0.25) is 9.48 Å². The summed E-state index contributed by atoms with van der Waals surface area (Å²) in [5.41, 5.74) is 1.01. The van der Waals surface area contributed by atoms with Crippen LogP contribution in [0.1, 0.15) is 15.9 Å². The number of ether oxygens (including phenoxy) is 2. The molecule has 1 amide bonds. The Balaban J connectivity index is 1.63. The number of nitriles is 1. The van der Waals surface area contributed by atoms with Crippen LogP contribution in [0.5, 0.6) is 5.75 Å². The second-order valence-corrected chi connectivity index (χ2v) is 5.31. The number of amides is 1. The summed E-state index contributed by atoms with van der Waals surface area (Å²) in [4.78, 5) is 12.3. The van der Waals surface area contributed by atoms with Gasteiger partial charge in [0, 0.05) is 12.6 Å². The largest absolute Gasteiger partial charge is 0.482 e. The van der Waals surface area contributed by atoms with Crippen LogP contribution in [0.15, 0.2) is 36.7 Å². The number of carbonyl (C=O) groups is 1. The summed E-state index contributed by atoms with van der Waals surface area (Å²) in [5.74, 6) is 0.422. The molecule has 0 saturated carbocycles. The van der Waals surface area contributed by atoms with E-state index < -0.39 is 0 Å². The molecule has 0 spiro atoms. The summed E-state index contributed by atoms with van der Waals surface area (Å²) in [7, 11) is 1.81.